The van der Waals surface area contributed by atoms with Crippen molar-refractivity contribution in [2.75, 3.05) is 0 Å². The molecule has 0 fully saturated rings. The van der Waals surface area contributed by atoms with Gasteiger partial charge < -0.3 is 0 Å². The van der Waals surface area contributed by atoms with E-state index in [4.69, 9.17) is 11.6 Å². The van der Waals surface area contributed by atoms with Crippen LogP contribution in [0.1, 0.15) is 37.9 Å². The number of nitrogens with zero attached hydrogens (tertiary/aromatic N) is 1. The average molecular weight is 232 g/mol. The Morgan fingerprint density at radius 3 is 2.64 bits per heavy atom. The third kappa shape index (κ3) is 3.97. The molecule has 80 valence electrons. The molecular formula is C11H18ClNS. The van der Waals surface area contributed by atoms with E-state index >= 15 is 0 Å². The highest BCUT2D eigenvalue weighted by atomic mass is 35.5. The summed E-state index contributed by atoms with van der Waals surface area (Å²) in [5.41, 5.74) is 1.46. The van der Waals surface area contributed by atoms with Crippen LogP contribution in [0.5, 0.6) is 0 Å². The van der Waals surface area contributed by atoms with Crippen LogP contribution in [0.25, 0.3) is 0 Å². The summed E-state index contributed by atoms with van der Waals surface area (Å²) >= 11 is 7.74. The van der Waals surface area contributed by atoms with E-state index in [2.05, 4.69) is 31.1 Å². The topological polar surface area (TPSA) is 12.9 Å². The largest absolute Gasteiger partial charge is 0.247 e. The number of hydrogen-bond donors (Lipinski definition) is 0. The van der Waals surface area contributed by atoms with Gasteiger partial charge in [0.2, 0.25) is 0 Å². The minimum atomic E-state index is 0.240. The van der Waals surface area contributed by atoms with Crippen molar-refractivity contribution in [1.82, 2.24) is 4.98 Å². The van der Waals surface area contributed by atoms with E-state index < -0.39 is 0 Å². The Morgan fingerprint density at radius 1 is 1.57 bits per heavy atom. The Labute approximate surface area is 95.5 Å². The van der Waals surface area contributed by atoms with Gasteiger partial charge in [-0.25, -0.2) is 4.98 Å². The van der Waals surface area contributed by atoms with Gasteiger partial charge in [0.1, 0.15) is 0 Å². The molecule has 0 bridgehead atoms. The van der Waals surface area contributed by atoms with Gasteiger partial charge >= 0.3 is 0 Å². The fraction of sp³-hybridized carbons (Fsp3) is 0.727. The molecule has 1 aromatic rings. The minimum absolute atomic E-state index is 0.240. The first kappa shape index (κ1) is 12.0. The summed E-state index contributed by atoms with van der Waals surface area (Å²) in [6.07, 6.45) is 2.06. The zero-order chi connectivity index (χ0) is 10.8. The minimum Gasteiger partial charge on any atom is -0.247 e. The second-order valence-electron chi connectivity index (χ2n) is 4.68. The van der Waals surface area contributed by atoms with E-state index in [1.165, 1.54) is 5.69 Å². The van der Waals surface area contributed by atoms with Crippen molar-refractivity contribution in [3.8, 4) is 0 Å². The van der Waals surface area contributed by atoms with Gasteiger partial charge in [-0.05, 0) is 32.1 Å². The van der Waals surface area contributed by atoms with Gasteiger partial charge in [-0.1, -0.05) is 13.8 Å². The van der Waals surface area contributed by atoms with Crippen LogP contribution in [-0.2, 0) is 6.42 Å². The van der Waals surface area contributed by atoms with Gasteiger partial charge in [0.15, 0.2) is 0 Å². The van der Waals surface area contributed by atoms with Crippen LogP contribution in [0, 0.1) is 12.3 Å². The molecule has 0 N–H and O–H groups in total. The standard InChI is InChI=1S/C11H18ClNS/c1-8(12)5-11(3,4)6-10-7-14-9(2)13-10/h7-8H,5-6H2,1-4H3. The zero-order valence-corrected chi connectivity index (χ0v) is 10.9. The lowest BCUT2D eigenvalue weighted by molar-refractivity contribution is 0.329. The lowest BCUT2D eigenvalue weighted by Crippen LogP contribution is -2.19. The zero-order valence-electron chi connectivity index (χ0n) is 9.30. The number of thiazole rings is 1. The van der Waals surface area contributed by atoms with Gasteiger partial charge in [0, 0.05) is 10.8 Å². The van der Waals surface area contributed by atoms with Crippen LogP contribution in [0.4, 0.5) is 0 Å². The van der Waals surface area contributed by atoms with Crippen LogP contribution in [0.15, 0.2) is 5.38 Å². The predicted molar refractivity (Wildman–Crippen MR) is 64.3 cm³/mol. The van der Waals surface area contributed by atoms with Crippen molar-refractivity contribution in [2.24, 2.45) is 5.41 Å². The van der Waals surface area contributed by atoms with E-state index in [0.29, 0.717) is 0 Å². The number of alkyl halides is 1. The maximum Gasteiger partial charge on any atom is 0.0897 e. The van der Waals surface area contributed by atoms with Gasteiger partial charge in [0.05, 0.1) is 10.7 Å². The number of halogens is 1. The predicted octanol–water partition coefficient (Wildman–Crippen LogP) is 4.04. The number of aryl methyl sites for hydroxylation is 1. The van der Waals surface area contributed by atoms with Crippen molar-refractivity contribution in [2.45, 2.75) is 45.9 Å². The maximum absolute atomic E-state index is 6.02. The summed E-state index contributed by atoms with van der Waals surface area (Å²) in [6, 6.07) is 0. The molecule has 0 aliphatic heterocycles. The molecule has 0 spiro atoms. The number of aromatic nitrogens is 1. The van der Waals surface area contributed by atoms with Crippen LogP contribution in [0.2, 0.25) is 0 Å². The van der Waals surface area contributed by atoms with Crippen LogP contribution in [0.3, 0.4) is 0 Å². The van der Waals surface area contributed by atoms with Crippen molar-refractivity contribution >= 4 is 22.9 Å². The molecule has 0 aliphatic carbocycles. The molecule has 1 rings (SSSR count). The van der Waals surface area contributed by atoms with Gasteiger partial charge in [-0.2, -0.15) is 0 Å². The molecule has 0 saturated carbocycles. The number of rotatable bonds is 4. The van der Waals surface area contributed by atoms with Gasteiger partial charge in [-0.3, -0.25) is 0 Å². The monoisotopic (exact) mass is 231 g/mol. The summed E-state index contributed by atoms with van der Waals surface area (Å²) in [5.74, 6) is 0. The molecule has 0 aliphatic rings. The molecule has 1 heterocycles. The van der Waals surface area contributed by atoms with Crippen molar-refractivity contribution < 1.29 is 0 Å². The second-order valence-corrected chi connectivity index (χ2v) is 6.49. The highest BCUT2D eigenvalue weighted by Crippen LogP contribution is 2.29. The van der Waals surface area contributed by atoms with Crippen LogP contribution >= 0.6 is 22.9 Å². The lowest BCUT2D eigenvalue weighted by Gasteiger charge is -2.24. The molecule has 0 radical (unpaired) electrons. The van der Waals surface area contributed by atoms with E-state index in [0.717, 1.165) is 17.8 Å². The SMILES string of the molecule is Cc1nc(CC(C)(C)CC(C)Cl)cs1. The smallest absolute Gasteiger partial charge is 0.0897 e. The van der Waals surface area contributed by atoms with Crippen LogP contribution < -0.4 is 0 Å². The normalized spacial score (nSPS) is 14.4. The third-order valence-electron chi connectivity index (χ3n) is 2.16. The fourth-order valence-electron chi connectivity index (χ4n) is 1.81. The highest BCUT2D eigenvalue weighted by Gasteiger charge is 2.21. The summed E-state index contributed by atoms with van der Waals surface area (Å²) in [4.78, 5) is 4.48. The Morgan fingerprint density at radius 2 is 2.21 bits per heavy atom. The Kier molecular flexibility index (Phi) is 3.96. The van der Waals surface area contributed by atoms with E-state index in [1.54, 1.807) is 11.3 Å². The van der Waals surface area contributed by atoms with E-state index in [1.807, 2.05) is 6.92 Å². The van der Waals surface area contributed by atoms with E-state index in [9.17, 15) is 0 Å². The molecule has 1 atom stereocenters. The van der Waals surface area contributed by atoms with Gasteiger partial charge in [0.25, 0.3) is 0 Å². The first-order valence-corrected chi connectivity index (χ1v) is 6.26. The molecule has 1 nitrogen and oxygen atoms in total. The summed E-state index contributed by atoms with van der Waals surface area (Å²) in [6.45, 7) is 8.60. The van der Waals surface area contributed by atoms with E-state index in [-0.39, 0.29) is 10.8 Å². The van der Waals surface area contributed by atoms with Crippen molar-refractivity contribution in [1.29, 1.82) is 0 Å². The maximum atomic E-state index is 6.02. The molecule has 1 aromatic heterocycles. The van der Waals surface area contributed by atoms with Crippen LogP contribution in [-0.4, -0.2) is 10.4 Å². The molecular weight excluding hydrogens is 214 g/mol. The first-order valence-electron chi connectivity index (χ1n) is 4.94. The molecule has 0 aromatic carbocycles. The first-order chi connectivity index (χ1) is 6.39. The molecule has 3 heteroatoms. The quantitative estimate of drug-likeness (QED) is 0.713. The Hall–Kier alpha value is -0.0800. The van der Waals surface area contributed by atoms with Crippen molar-refractivity contribution in [3.05, 3.63) is 16.1 Å². The van der Waals surface area contributed by atoms with Crippen molar-refractivity contribution in [3.63, 3.8) is 0 Å². The Balaban J connectivity index is 2.58. The average Bonchev–Trinajstić information content (AvgIpc) is 2.30. The lowest BCUT2D eigenvalue weighted by atomic mass is 9.83. The molecule has 14 heavy (non-hydrogen) atoms. The summed E-state index contributed by atoms with van der Waals surface area (Å²) in [7, 11) is 0. The number of hydrogen-bond acceptors (Lipinski definition) is 2. The third-order valence-corrected chi connectivity index (χ3v) is 3.14. The molecule has 0 saturated heterocycles. The highest BCUT2D eigenvalue weighted by molar-refractivity contribution is 7.09. The molecule has 0 amide bonds. The summed E-state index contributed by atoms with van der Waals surface area (Å²) < 4.78 is 0. The second kappa shape index (κ2) is 4.63. The Bertz CT molecular complexity index is 291. The van der Waals surface area contributed by atoms with Gasteiger partial charge in [-0.15, -0.1) is 22.9 Å². The summed E-state index contributed by atoms with van der Waals surface area (Å²) in [5, 5.41) is 3.54. The molecule has 1 unspecified atom stereocenters. The fourth-order valence-corrected chi connectivity index (χ4v) is 2.84.